The summed E-state index contributed by atoms with van der Waals surface area (Å²) in [7, 11) is 0. The van der Waals surface area contributed by atoms with Gasteiger partial charge in [0.25, 0.3) is 0 Å². The molecule has 22 heavy (non-hydrogen) atoms. The van der Waals surface area contributed by atoms with Crippen molar-refractivity contribution in [1.29, 1.82) is 5.26 Å². The molecule has 1 N–H and O–H groups in total. The molecular weight excluding hydrogens is 384 g/mol. The maximum absolute atomic E-state index is 12.6. The lowest BCUT2D eigenvalue weighted by molar-refractivity contribution is -0.121. The Morgan fingerprint density at radius 2 is 2.27 bits per heavy atom. The molecule has 0 unspecified atom stereocenters. The van der Waals surface area contributed by atoms with Crippen LogP contribution >= 0.6 is 38.9 Å². The molecule has 3 atom stereocenters. The smallest absolute Gasteiger partial charge is 0.228 e. The van der Waals surface area contributed by atoms with E-state index in [4.69, 9.17) is 11.6 Å². The molecule has 2 bridgehead atoms. The number of carbonyl (C=O) groups excluding carboxylic acids is 1. The normalized spacial score (nSPS) is 26.1. The number of fused-ring (bicyclic) bond motifs is 2. The van der Waals surface area contributed by atoms with Gasteiger partial charge in [0.2, 0.25) is 5.91 Å². The number of rotatable bonds is 5. The summed E-state index contributed by atoms with van der Waals surface area (Å²) in [4.78, 5) is 13.6. The fraction of sp³-hybridized carbons (Fsp3) is 0.625. The second-order valence-corrected chi connectivity index (χ2v) is 8.49. The number of alkyl halides is 1. The summed E-state index contributed by atoms with van der Waals surface area (Å²) in [5.41, 5.74) is 0.547. The molecule has 0 spiro atoms. The number of anilines is 1. The van der Waals surface area contributed by atoms with E-state index in [9.17, 15) is 10.1 Å². The van der Waals surface area contributed by atoms with E-state index < -0.39 is 0 Å². The molecule has 0 aromatic carbocycles. The van der Waals surface area contributed by atoms with Crippen LogP contribution in [0.1, 0.15) is 42.5 Å². The van der Waals surface area contributed by atoms with E-state index in [0.29, 0.717) is 22.4 Å². The van der Waals surface area contributed by atoms with Crippen LogP contribution < -0.4 is 5.32 Å². The van der Waals surface area contributed by atoms with Crippen LogP contribution in [0.3, 0.4) is 0 Å². The van der Waals surface area contributed by atoms with Gasteiger partial charge in [-0.3, -0.25) is 4.79 Å². The van der Waals surface area contributed by atoms with Crippen molar-refractivity contribution in [2.24, 2.45) is 17.8 Å². The maximum atomic E-state index is 12.6. The highest BCUT2D eigenvalue weighted by Crippen LogP contribution is 2.49. The molecule has 1 heterocycles. The van der Waals surface area contributed by atoms with Crippen LogP contribution in [-0.2, 0) is 11.2 Å². The number of halogens is 2. The van der Waals surface area contributed by atoms with E-state index >= 15 is 0 Å². The van der Waals surface area contributed by atoms with E-state index in [1.807, 2.05) is 0 Å². The zero-order chi connectivity index (χ0) is 15.7. The standard InChI is InChI=1S/C16H18BrClN2OS/c17-14-12(8-19)16(22-13(14)2-1-5-18)20-15(21)11-7-9-3-4-10(11)6-9/h9-11H,1-7H2,(H,20,21)/t9-,10+,11-/m1/s1. The summed E-state index contributed by atoms with van der Waals surface area (Å²) in [6, 6.07) is 2.21. The quantitative estimate of drug-likeness (QED) is 0.711. The van der Waals surface area contributed by atoms with Gasteiger partial charge in [0.15, 0.2) is 0 Å². The SMILES string of the molecule is N#Cc1c(NC(=O)[C@@H]2C[C@@H]3CC[C@H]2C3)sc(CCCCl)c1Br. The highest BCUT2D eigenvalue weighted by atomic mass is 79.9. The summed E-state index contributed by atoms with van der Waals surface area (Å²) in [6.45, 7) is 0. The fourth-order valence-corrected chi connectivity index (χ4v) is 5.88. The van der Waals surface area contributed by atoms with Crippen LogP contribution in [0.4, 0.5) is 5.00 Å². The monoisotopic (exact) mass is 400 g/mol. The zero-order valence-corrected chi connectivity index (χ0v) is 15.4. The number of carbonyl (C=O) groups is 1. The van der Waals surface area contributed by atoms with Crippen LogP contribution in [-0.4, -0.2) is 11.8 Å². The summed E-state index contributed by atoms with van der Waals surface area (Å²) >= 11 is 10.7. The van der Waals surface area contributed by atoms with Gasteiger partial charge >= 0.3 is 0 Å². The predicted octanol–water partition coefficient (Wildman–Crippen LogP) is 4.93. The Balaban J connectivity index is 1.74. The molecule has 3 nitrogen and oxygen atoms in total. The third-order valence-electron chi connectivity index (χ3n) is 4.88. The molecule has 1 aromatic rings. The van der Waals surface area contributed by atoms with Crippen molar-refractivity contribution in [2.75, 3.05) is 11.2 Å². The average Bonchev–Trinajstić information content (AvgIpc) is 3.20. The van der Waals surface area contributed by atoms with Crippen molar-refractivity contribution < 1.29 is 4.79 Å². The van der Waals surface area contributed by atoms with Gasteiger partial charge in [0, 0.05) is 16.7 Å². The van der Waals surface area contributed by atoms with Crippen molar-refractivity contribution in [3.63, 3.8) is 0 Å². The molecule has 6 heteroatoms. The van der Waals surface area contributed by atoms with E-state index in [0.717, 1.165) is 34.5 Å². The van der Waals surface area contributed by atoms with Crippen molar-refractivity contribution in [3.05, 3.63) is 14.9 Å². The van der Waals surface area contributed by atoms with Crippen molar-refractivity contribution in [3.8, 4) is 6.07 Å². The molecule has 1 amide bonds. The Hall–Kier alpha value is -0.570. The minimum atomic E-state index is 0.0985. The van der Waals surface area contributed by atoms with Gasteiger partial charge in [-0.2, -0.15) is 5.26 Å². The number of nitrogens with one attached hydrogen (secondary N) is 1. The molecule has 0 aliphatic heterocycles. The third-order valence-corrected chi connectivity index (χ3v) is 7.45. The molecule has 0 saturated heterocycles. The predicted molar refractivity (Wildman–Crippen MR) is 93.3 cm³/mol. The van der Waals surface area contributed by atoms with Gasteiger partial charge in [0.1, 0.15) is 16.6 Å². The second kappa shape index (κ2) is 6.90. The third kappa shape index (κ3) is 3.06. The Kier molecular flexibility index (Phi) is 5.11. The summed E-state index contributed by atoms with van der Waals surface area (Å²) in [5, 5.41) is 13.1. The first kappa shape index (κ1) is 16.3. The second-order valence-electron chi connectivity index (χ2n) is 6.22. The number of aryl methyl sites for hydroxylation is 1. The van der Waals surface area contributed by atoms with Gasteiger partial charge in [-0.1, -0.05) is 6.42 Å². The summed E-state index contributed by atoms with van der Waals surface area (Å²) in [6.07, 6.45) is 6.38. The molecule has 0 radical (unpaired) electrons. The van der Waals surface area contributed by atoms with Crippen LogP contribution in [0, 0.1) is 29.1 Å². The largest absolute Gasteiger partial charge is 0.316 e. The topological polar surface area (TPSA) is 52.9 Å². The van der Waals surface area contributed by atoms with Crippen LogP contribution in [0.25, 0.3) is 0 Å². The Bertz CT molecular complexity index is 624. The molecular formula is C16H18BrClN2OS. The molecule has 3 rings (SSSR count). The summed E-state index contributed by atoms with van der Waals surface area (Å²) in [5.74, 6) is 2.12. The van der Waals surface area contributed by atoms with Gasteiger partial charge in [-0.25, -0.2) is 0 Å². The molecule has 2 aliphatic rings. The molecule has 1 aromatic heterocycles. The van der Waals surface area contributed by atoms with Crippen LogP contribution in [0.2, 0.25) is 0 Å². The van der Waals surface area contributed by atoms with Gasteiger partial charge in [-0.15, -0.1) is 22.9 Å². The fourth-order valence-electron chi connectivity index (χ4n) is 3.80. The van der Waals surface area contributed by atoms with Gasteiger partial charge < -0.3 is 5.32 Å². The lowest BCUT2D eigenvalue weighted by Crippen LogP contribution is -2.27. The number of thiophene rings is 1. The van der Waals surface area contributed by atoms with E-state index in [-0.39, 0.29) is 11.8 Å². The molecule has 2 fully saturated rings. The van der Waals surface area contributed by atoms with E-state index in [1.165, 1.54) is 30.6 Å². The lowest BCUT2D eigenvalue weighted by Gasteiger charge is -2.20. The highest BCUT2D eigenvalue weighted by Gasteiger charge is 2.43. The van der Waals surface area contributed by atoms with E-state index in [1.54, 1.807) is 0 Å². The molecule has 2 saturated carbocycles. The lowest BCUT2D eigenvalue weighted by atomic mass is 9.88. The molecule has 118 valence electrons. The van der Waals surface area contributed by atoms with Crippen LogP contribution in [0.5, 0.6) is 0 Å². The zero-order valence-electron chi connectivity index (χ0n) is 12.2. The van der Waals surface area contributed by atoms with Crippen molar-refractivity contribution in [1.82, 2.24) is 0 Å². The summed E-state index contributed by atoms with van der Waals surface area (Å²) < 4.78 is 0.813. The Morgan fingerprint density at radius 3 is 2.86 bits per heavy atom. The number of hydrogen-bond acceptors (Lipinski definition) is 3. The van der Waals surface area contributed by atoms with Gasteiger partial charge in [0.05, 0.1) is 4.47 Å². The van der Waals surface area contributed by atoms with Crippen molar-refractivity contribution >= 4 is 49.8 Å². The first-order valence-corrected chi connectivity index (χ1v) is 9.86. The number of nitriles is 1. The van der Waals surface area contributed by atoms with Crippen LogP contribution in [0.15, 0.2) is 4.47 Å². The van der Waals surface area contributed by atoms with Gasteiger partial charge in [-0.05, 0) is 59.9 Å². The first-order chi connectivity index (χ1) is 10.6. The first-order valence-electron chi connectivity index (χ1n) is 7.72. The number of nitrogens with zero attached hydrogens (tertiary/aromatic N) is 1. The average molecular weight is 402 g/mol. The molecule has 2 aliphatic carbocycles. The highest BCUT2D eigenvalue weighted by molar-refractivity contribution is 9.10. The van der Waals surface area contributed by atoms with Crippen molar-refractivity contribution in [2.45, 2.75) is 38.5 Å². The number of amides is 1. The minimum Gasteiger partial charge on any atom is -0.316 e. The number of hydrogen-bond donors (Lipinski definition) is 1. The van der Waals surface area contributed by atoms with E-state index in [2.05, 4.69) is 27.3 Å². The Labute approximate surface area is 148 Å². The Morgan fingerprint density at radius 1 is 1.45 bits per heavy atom. The maximum Gasteiger partial charge on any atom is 0.228 e. The minimum absolute atomic E-state index is 0.0985.